The number of hydrogen-bond donors (Lipinski definition) is 2. The number of nitrogens with two attached hydrogens (primary N) is 1. The van der Waals surface area contributed by atoms with Crippen molar-refractivity contribution in [2.24, 2.45) is 17.1 Å². The first-order valence-electron chi connectivity index (χ1n) is 8.06. The first-order chi connectivity index (χ1) is 10.7. The van der Waals surface area contributed by atoms with E-state index >= 15 is 0 Å². The first kappa shape index (κ1) is 14.0. The predicted octanol–water partition coefficient (Wildman–Crippen LogP) is 1.46. The molecule has 2 aliphatic heterocycles. The minimum absolute atomic E-state index is 0.286. The predicted molar refractivity (Wildman–Crippen MR) is 85.9 cm³/mol. The van der Waals surface area contributed by atoms with Crippen molar-refractivity contribution in [3.05, 3.63) is 18.1 Å². The maximum atomic E-state index is 6.10. The summed E-state index contributed by atoms with van der Waals surface area (Å²) < 4.78 is 5.58. The van der Waals surface area contributed by atoms with Gasteiger partial charge in [0.15, 0.2) is 0 Å². The van der Waals surface area contributed by atoms with E-state index in [1.165, 1.54) is 0 Å². The highest BCUT2D eigenvalue weighted by Crippen LogP contribution is 2.45. The molecule has 118 valence electrons. The quantitative estimate of drug-likeness (QED) is 0.878. The highest BCUT2D eigenvalue weighted by molar-refractivity contribution is 5.87. The summed E-state index contributed by atoms with van der Waals surface area (Å²) in [6.45, 7) is 6.39. The summed E-state index contributed by atoms with van der Waals surface area (Å²) in [6, 6.07) is 2.07. The van der Waals surface area contributed by atoms with Crippen molar-refractivity contribution in [2.45, 2.75) is 19.8 Å². The van der Waals surface area contributed by atoms with Gasteiger partial charge in [0.1, 0.15) is 17.3 Å². The fourth-order valence-corrected chi connectivity index (χ4v) is 4.14. The van der Waals surface area contributed by atoms with Gasteiger partial charge in [-0.25, -0.2) is 9.97 Å². The van der Waals surface area contributed by atoms with Gasteiger partial charge in [-0.2, -0.15) is 0 Å². The molecule has 4 heterocycles. The lowest BCUT2D eigenvalue weighted by atomic mass is 9.72. The molecular weight excluding hydrogens is 278 g/mol. The standard InChI is InChI=1S/C16H23N5O/c1-11-19-14-13(2-5-18-14)15(20-11)21-9-12(8-17)16(10-21)3-6-22-7-4-16/h2,5,12H,3-4,6-10,17H2,1H3,(H,18,19,20). The monoisotopic (exact) mass is 301 g/mol. The van der Waals surface area contributed by atoms with E-state index in [-0.39, 0.29) is 5.41 Å². The molecule has 1 spiro atoms. The summed E-state index contributed by atoms with van der Waals surface area (Å²) >= 11 is 0. The van der Waals surface area contributed by atoms with Crippen LogP contribution < -0.4 is 10.6 Å². The maximum absolute atomic E-state index is 6.10. The molecule has 0 amide bonds. The number of aromatic nitrogens is 3. The fraction of sp³-hybridized carbons (Fsp3) is 0.625. The third-order valence-corrected chi connectivity index (χ3v) is 5.39. The maximum Gasteiger partial charge on any atom is 0.143 e. The smallest absolute Gasteiger partial charge is 0.143 e. The molecule has 6 nitrogen and oxygen atoms in total. The third-order valence-electron chi connectivity index (χ3n) is 5.39. The van der Waals surface area contributed by atoms with Crippen LogP contribution in [0.15, 0.2) is 12.3 Å². The molecule has 2 aromatic rings. The Labute approximate surface area is 130 Å². The van der Waals surface area contributed by atoms with E-state index in [2.05, 4.69) is 20.9 Å². The summed E-state index contributed by atoms with van der Waals surface area (Å²) in [7, 11) is 0. The second-order valence-corrected chi connectivity index (χ2v) is 6.62. The Kier molecular flexibility index (Phi) is 3.31. The van der Waals surface area contributed by atoms with Crippen molar-refractivity contribution in [3.63, 3.8) is 0 Å². The zero-order valence-corrected chi connectivity index (χ0v) is 13.0. The molecule has 6 heteroatoms. The molecule has 0 aliphatic carbocycles. The third kappa shape index (κ3) is 2.09. The molecule has 0 aromatic carbocycles. The summed E-state index contributed by atoms with van der Waals surface area (Å²) in [5, 5.41) is 1.10. The van der Waals surface area contributed by atoms with Crippen molar-refractivity contribution in [2.75, 3.05) is 37.7 Å². The van der Waals surface area contributed by atoms with E-state index < -0.39 is 0 Å². The minimum Gasteiger partial charge on any atom is -0.381 e. The van der Waals surface area contributed by atoms with Crippen LogP contribution in [0.5, 0.6) is 0 Å². The number of nitrogens with zero attached hydrogens (tertiary/aromatic N) is 3. The van der Waals surface area contributed by atoms with Gasteiger partial charge in [-0.3, -0.25) is 0 Å². The molecule has 0 saturated carbocycles. The van der Waals surface area contributed by atoms with Crippen molar-refractivity contribution in [3.8, 4) is 0 Å². The first-order valence-corrected chi connectivity index (χ1v) is 8.06. The lowest BCUT2D eigenvalue weighted by Crippen LogP contribution is -2.39. The van der Waals surface area contributed by atoms with Gasteiger partial charge in [0.25, 0.3) is 0 Å². The number of hydrogen-bond acceptors (Lipinski definition) is 5. The number of nitrogens with one attached hydrogen (secondary N) is 1. The summed E-state index contributed by atoms with van der Waals surface area (Å²) in [6.07, 6.45) is 4.14. The van der Waals surface area contributed by atoms with E-state index in [9.17, 15) is 0 Å². The number of H-pyrrole nitrogens is 1. The second-order valence-electron chi connectivity index (χ2n) is 6.62. The number of fused-ring (bicyclic) bond motifs is 1. The number of anilines is 1. The van der Waals surface area contributed by atoms with E-state index in [1.807, 2.05) is 13.1 Å². The average Bonchev–Trinajstić information content (AvgIpc) is 3.12. The van der Waals surface area contributed by atoms with Gasteiger partial charge in [0.2, 0.25) is 0 Å². The zero-order chi connectivity index (χ0) is 15.2. The largest absolute Gasteiger partial charge is 0.381 e. The Balaban J connectivity index is 1.72. The Morgan fingerprint density at radius 1 is 1.41 bits per heavy atom. The van der Waals surface area contributed by atoms with E-state index in [0.717, 1.165) is 68.4 Å². The molecule has 1 atom stereocenters. The van der Waals surface area contributed by atoms with Crippen LogP contribution in [-0.2, 0) is 4.74 Å². The highest BCUT2D eigenvalue weighted by Gasteiger charge is 2.47. The summed E-state index contributed by atoms with van der Waals surface area (Å²) in [4.78, 5) is 14.8. The minimum atomic E-state index is 0.286. The van der Waals surface area contributed by atoms with Crippen LogP contribution in [0.1, 0.15) is 18.7 Å². The Bertz CT molecular complexity index is 676. The van der Waals surface area contributed by atoms with Crippen molar-refractivity contribution in [1.82, 2.24) is 15.0 Å². The molecule has 22 heavy (non-hydrogen) atoms. The van der Waals surface area contributed by atoms with Crippen LogP contribution in [0.3, 0.4) is 0 Å². The molecule has 4 rings (SSSR count). The molecule has 0 radical (unpaired) electrons. The molecule has 2 fully saturated rings. The number of rotatable bonds is 2. The Morgan fingerprint density at radius 2 is 2.23 bits per heavy atom. The van der Waals surface area contributed by atoms with Crippen molar-refractivity contribution in [1.29, 1.82) is 0 Å². The SMILES string of the molecule is Cc1nc(N2CC(CN)C3(CCOCC3)C2)c2cc[nH]c2n1. The topological polar surface area (TPSA) is 80.1 Å². The fourth-order valence-electron chi connectivity index (χ4n) is 4.14. The lowest BCUT2D eigenvalue weighted by Gasteiger charge is -2.37. The van der Waals surface area contributed by atoms with Crippen LogP contribution in [-0.4, -0.2) is 47.8 Å². The lowest BCUT2D eigenvalue weighted by molar-refractivity contribution is 0.00490. The Hall–Kier alpha value is -1.66. The second kappa shape index (κ2) is 5.21. The van der Waals surface area contributed by atoms with Crippen LogP contribution >= 0.6 is 0 Å². The molecular formula is C16H23N5O. The average molecular weight is 301 g/mol. The van der Waals surface area contributed by atoms with Gasteiger partial charge in [-0.05, 0) is 43.7 Å². The number of ether oxygens (including phenoxy) is 1. The van der Waals surface area contributed by atoms with Gasteiger partial charge in [0, 0.05) is 32.5 Å². The molecule has 3 N–H and O–H groups in total. The van der Waals surface area contributed by atoms with Gasteiger partial charge in [-0.1, -0.05) is 0 Å². The van der Waals surface area contributed by atoms with Crippen LogP contribution in [0.2, 0.25) is 0 Å². The van der Waals surface area contributed by atoms with Crippen molar-refractivity contribution >= 4 is 16.9 Å². The summed E-state index contributed by atoms with van der Waals surface area (Å²) in [5.74, 6) is 2.37. The summed E-state index contributed by atoms with van der Waals surface area (Å²) in [5.41, 5.74) is 7.30. The van der Waals surface area contributed by atoms with E-state index in [1.54, 1.807) is 0 Å². The van der Waals surface area contributed by atoms with Crippen LogP contribution in [0, 0.1) is 18.3 Å². The van der Waals surface area contributed by atoms with Gasteiger partial charge >= 0.3 is 0 Å². The zero-order valence-electron chi connectivity index (χ0n) is 13.0. The van der Waals surface area contributed by atoms with Crippen molar-refractivity contribution < 1.29 is 4.74 Å². The molecule has 2 saturated heterocycles. The molecule has 2 aliphatic rings. The van der Waals surface area contributed by atoms with E-state index in [0.29, 0.717) is 5.92 Å². The molecule has 1 unspecified atom stereocenters. The number of aryl methyl sites for hydroxylation is 1. The highest BCUT2D eigenvalue weighted by atomic mass is 16.5. The van der Waals surface area contributed by atoms with Crippen LogP contribution in [0.4, 0.5) is 5.82 Å². The molecule has 0 bridgehead atoms. The van der Waals surface area contributed by atoms with Crippen LogP contribution in [0.25, 0.3) is 11.0 Å². The van der Waals surface area contributed by atoms with Gasteiger partial charge in [0.05, 0.1) is 5.39 Å². The number of aromatic amines is 1. The normalized spacial score (nSPS) is 24.5. The van der Waals surface area contributed by atoms with Gasteiger partial charge in [-0.15, -0.1) is 0 Å². The Morgan fingerprint density at radius 3 is 3.00 bits per heavy atom. The van der Waals surface area contributed by atoms with E-state index in [4.69, 9.17) is 15.5 Å². The van der Waals surface area contributed by atoms with Gasteiger partial charge < -0.3 is 20.4 Å². The molecule has 2 aromatic heterocycles.